The monoisotopic (exact) mass is 468 g/mol. The third-order valence-corrected chi connectivity index (χ3v) is 7.58. The Morgan fingerprint density at radius 1 is 1.29 bits per heavy atom. The third kappa shape index (κ3) is 5.88. The molecule has 0 saturated carbocycles. The summed E-state index contributed by atoms with van der Waals surface area (Å²) in [6, 6.07) is 11.7. The lowest BCUT2D eigenvalue weighted by Crippen LogP contribution is -2.21. The molecule has 0 N–H and O–H groups in total. The van der Waals surface area contributed by atoms with Gasteiger partial charge in [-0.3, -0.25) is 4.79 Å². The molecule has 31 heavy (non-hydrogen) atoms. The summed E-state index contributed by atoms with van der Waals surface area (Å²) in [6.07, 6.45) is 4.11. The maximum atomic E-state index is 12.5. The number of aromatic nitrogens is 2. The molecule has 8 heteroatoms. The van der Waals surface area contributed by atoms with E-state index in [1.807, 2.05) is 41.4 Å². The quantitative estimate of drug-likeness (QED) is 0.217. The van der Waals surface area contributed by atoms with E-state index in [9.17, 15) is 10.1 Å². The molecule has 2 aromatic heterocycles. The highest BCUT2D eigenvalue weighted by molar-refractivity contribution is 8.16. The van der Waals surface area contributed by atoms with Gasteiger partial charge in [0.15, 0.2) is 0 Å². The van der Waals surface area contributed by atoms with Gasteiger partial charge in [-0.05, 0) is 35.9 Å². The van der Waals surface area contributed by atoms with Gasteiger partial charge in [-0.25, -0.2) is 9.97 Å². The lowest BCUT2D eigenvalue weighted by atomic mass is 9.99. The molecule has 3 aromatic rings. The summed E-state index contributed by atoms with van der Waals surface area (Å²) in [5.41, 5.74) is 3.47. The van der Waals surface area contributed by atoms with E-state index in [-0.39, 0.29) is 5.91 Å². The smallest absolute Gasteiger partial charge is 0.253 e. The zero-order valence-electron chi connectivity index (χ0n) is 17.8. The third-order valence-electron chi connectivity index (χ3n) is 4.50. The molecule has 0 radical (unpaired) electrons. The summed E-state index contributed by atoms with van der Waals surface area (Å²) in [5.74, 6) is 1.02. The molecule has 0 spiro atoms. The number of carbonyl (C=O) groups excluding carboxylic acids is 1. The first-order chi connectivity index (χ1) is 15.0. The highest BCUT2D eigenvalue weighted by Crippen LogP contribution is 2.36. The Balaban J connectivity index is 2.05. The Bertz CT molecular complexity index is 1070. The molecule has 0 bridgehead atoms. The van der Waals surface area contributed by atoms with Crippen LogP contribution in [0.1, 0.15) is 35.7 Å². The van der Waals surface area contributed by atoms with E-state index < -0.39 is 0 Å². The minimum absolute atomic E-state index is 0.0727. The summed E-state index contributed by atoms with van der Waals surface area (Å²) in [7, 11) is 3.46. The summed E-state index contributed by atoms with van der Waals surface area (Å²) in [4.78, 5) is 23.2. The molecule has 2 heterocycles. The van der Waals surface area contributed by atoms with Gasteiger partial charge >= 0.3 is 0 Å². The average Bonchev–Trinajstić information content (AvgIpc) is 3.33. The van der Waals surface area contributed by atoms with Crippen LogP contribution in [0.5, 0.6) is 0 Å². The van der Waals surface area contributed by atoms with Crippen molar-refractivity contribution in [3.8, 4) is 27.9 Å². The van der Waals surface area contributed by atoms with Crippen molar-refractivity contribution < 1.29 is 4.79 Å². The molecule has 160 valence electrons. The van der Waals surface area contributed by atoms with Crippen molar-refractivity contribution in [3.63, 3.8) is 0 Å². The van der Waals surface area contributed by atoms with Crippen molar-refractivity contribution in [2.45, 2.75) is 24.8 Å². The largest absolute Gasteiger partial charge is 0.345 e. The number of carbonyl (C=O) groups is 1. The molecule has 0 aliphatic rings. The van der Waals surface area contributed by atoms with Crippen molar-refractivity contribution in [3.05, 3.63) is 53.0 Å². The number of rotatable bonds is 9. The number of amides is 1. The van der Waals surface area contributed by atoms with Gasteiger partial charge in [0.1, 0.15) is 21.8 Å². The van der Waals surface area contributed by atoms with Gasteiger partial charge in [-0.15, -0.1) is 11.3 Å². The summed E-state index contributed by atoms with van der Waals surface area (Å²) < 4.78 is 0. The van der Waals surface area contributed by atoms with E-state index in [0.29, 0.717) is 16.2 Å². The van der Waals surface area contributed by atoms with Crippen molar-refractivity contribution in [1.82, 2.24) is 14.9 Å². The van der Waals surface area contributed by atoms with Crippen LogP contribution in [0.4, 0.5) is 0 Å². The summed E-state index contributed by atoms with van der Waals surface area (Å²) in [5, 5.41) is 14.3. The Morgan fingerprint density at radius 2 is 2.13 bits per heavy atom. The van der Waals surface area contributed by atoms with Crippen LogP contribution < -0.4 is 0 Å². The standard InChI is InChI=1S/C23H24N4OS3/c1-4-5-10-29-15-31-21-19(14-24)18(13-20(26-21)22-25-9-11-30-22)16-7-6-8-17(12-16)23(28)27(2)3/h6-9,11-13H,4-5,10,15H2,1-3H3. The van der Waals surface area contributed by atoms with Crippen LogP contribution >= 0.6 is 34.9 Å². The van der Waals surface area contributed by atoms with Gasteiger partial charge in [-0.2, -0.15) is 17.0 Å². The fourth-order valence-corrected chi connectivity index (χ4v) is 5.71. The van der Waals surface area contributed by atoms with Crippen molar-refractivity contribution in [1.29, 1.82) is 5.26 Å². The molecule has 1 aromatic carbocycles. The number of unbranched alkanes of at least 4 members (excludes halogenated alkanes) is 1. The zero-order chi connectivity index (χ0) is 22.2. The first-order valence-corrected chi connectivity index (χ1v) is 12.9. The van der Waals surface area contributed by atoms with Crippen LogP contribution in [0.25, 0.3) is 21.8 Å². The van der Waals surface area contributed by atoms with Crippen LogP contribution in [0.3, 0.4) is 0 Å². The SMILES string of the molecule is CCCCSCSc1nc(-c2nccs2)cc(-c2cccc(C(=O)N(C)C)c2)c1C#N. The Labute approximate surface area is 195 Å². The maximum absolute atomic E-state index is 12.5. The second kappa shape index (κ2) is 11.3. The van der Waals surface area contributed by atoms with Crippen LogP contribution in [0.15, 0.2) is 46.9 Å². The molecule has 1 amide bonds. The molecule has 0 aliphatic heterocycles. The lowest BCUT2D eigenvalue weighted by molar-refractivity contribution is 0.0827. The fraction of sp³-hybridized carbons (Fsp3) is 0.304. The Hall–Kier alpha value is -2.34. The molecular formula is C23H24N4OS3. The number of hydrogen-bond donors (Lipinski definition) is 0. The fourth-order valence-electron chi connectivity index (χ4n) is 2.90. The summed E-state index contributed by atoms with van der Waals surface area (Å²) >= 11 is 4.96. The van der Waals surface area contributed by atoms with Crippen LogP contribution in [-0.4, -0.2) is 45.7 Å². The van der Waals surface area contributed by atoms with Crippen molar-refractivity contribution >= 4 is 40.8 Å². The first kappa shape index (κ1) is 23.3. The van der Waals surface area contributed by atoms with Crippen molar-refractivity contribution in [2.24, 2.45) is 0 Å². The normalized spacial score (nSPS) is 10.6. The molecule has 0 atom stereocenters. The van der Waals surface area contributed by atoms with Gasteiger partial charge < -0.3 is 4.90 Å². The molecule has 5 nitrogen and oxygen atoms in total. The van der Waals surface area contributed by atoms with E-state index >= 15 is 0 Å². The van der Waals surface area contributed by atoms with E-state index in [4.69, 9.17) is 4.98 Å². The number of nitrogens with zero attached hydrogens (tertiary/aromatic N) is 4. The Morgan fingerprint density at radius 3 is 2.81 bits per heavy atom. The average molecular weight is 469 g/mol. The zero-order valence-corrected chi connectivity index (χ0v) is 20.2. The lowest BCUT2D eigenvalue weighted by Gasteiger charge is -2.14. The first-order valence-electron chi connectivity index (χ1n) is 9.92. The molecule has 3 rings (SSSR count). The molecule has 0 saturated heterocycles. The minimum atomic E-state index is -0.0727. The molecule has 0 fully saturated rings. The predicted molar refractivity (Wildman–Crippen MR) is 132 cm³/mol. The maximum Gasteiger partial charge on any atom is 0.253 e. The second-order valence-electron chi connectivity index (χ2n) is 6.99. The highest BCUT2D eigenvalue weighted by Gasteiger charge is 2.18. The van der Waals surface area contributed by atoms with Gasteiger partial charge in [0.2, 0.25) is 0 Å². The second-order valence-corrected chi connectivity index (χ2v) is 10.3. The number of nitriles is 1. The molecular weight excluding hydrogens is 444 g/mol. The van der Waals surface area contributed by atoms with Gasteiger partial charge in [-0.1, -0.05) is 37.2 Å². The number of hydrogen-bond acceptors (Lipinski definition) is 7. The van der Waals surface area contributed by atoms with Crippen LogP contribution in [-0.2, 0) is 0 Å². The van der Waals surface area contributed by atoms with Crippen molar-refractivity contribution in [2.75, 3.05) is 24.9 Å². The Kier molecular flexibility index (Phi) is 8.52. The van der Waals surface area contributed by atoms with Crippen LogP contribution in [0.2, 0.25) is 0 Å². The predicted octanol–water partition coefficient (Wildman–Crippen LogP) is 6.03. The highest BCUT2D eigenvalue weighted by atomic mass is 32.2. The number of pyridine rings is 1. The topological polar surface area (TPSA) is 69.9 Å². The van der Waals surface area contributed by atoms with Gasteiger partial charge in [0.25, 0.3) is 5.91 Å². The van der Waals surface area contributed by atoms with Gasteiger partial charge in [0, 0.05) is 41.9 Å². The number of thioether (sulfide) groups is 2. The summed E-state index contributed by atoms with van der Waals surface area (Å²) in [6.45, 7) is 2.18. The minimum Gasteiger partial charge on any atom is -0.345 e. The molecule has 0 unspecified atom stereocenters. The van der Waals surface area contributed by atoms with Crippen LogP contribution in [0, 0.1) is 11.3 Å². The van der Waals surface area contributed by atoms with Gasteiger partial charge in [0.05, 0.1) is 5.56 Å². The van der Waals surface area contributed by atoms with E-state index in [1.54, 1.807) is 43.0 Å². The number of thiazole rings is 1. The molecule has 0 aliphatic carbocycles. The van der Waals surface area contributed by atoms with E-state index in [2.05, 4.69) is 18.0 Å². The van der Waals surface area contributed by atoms with E-state index in [0.717, 1.165) is 32.7 Å². The number of benzene rings is 1. The van der Waals surface area contributed by atoms with E-state index in [1.165, 1.54) is 24.2 Å².